The van der Waals surface area contributed by atoms with Gasteiger partial charge in [-0.2, -0.15) is 0 Å². The number of aromatic nitrogens is 3. The second-order valence-electron chi connectivity index (χ2n) is 2.83. The standard InChI is InChI=1S/C9H11N3O2/c13-4-5-14-6-8-11-7-2-1-3-10-9(7)12-8/h1-3,13H,4-6H2,(H,10,11,12). The first-order chi connectivity index (χ1) is 6.90. The highest BCUT2D eigenvalue weighted by Crippen LogP contribution is 2.07. The molecular weight excluding hydrogens is 182 g/mol. The maximum Gasteiger partial charge on any atom is 0.177 e. The van der Waals surface area contributed by atoms with Crippen LogP contribution < -0.4 is 0 Å². The number of nitrogens with zero attached hydrogens (tertiary/aromatic N) is 2. The lowest BCUT2D eigenvalue weighted by atomic mass is 10.4. The molecule has 0 unspecified atom stereocenters. The lowest BCUT2D eigenvalue weighted by molar-refractivity contribution is 0.0782. The van der Waals surface area contributed by atoms with Gasteiger partial charge in [0.15, 0.2) is 5.65 Å². The average Bonchev–Trinajstić information content (AvgIpc) is 2.60. The molecule has 0 atom stereocenters. The summed E-state index contributed by atoms with van der Waals surface area (Å²) in [5, 5.41) is 8.52. The normalized spacial score (nSPS) is 10.9. The summed E-state index contributed by atoms with van der Waals surface area (Å²) in [6.45, 7) is 0.722. The smallest absolute Gasteiger partial charge is 0.177 e. The number of pyridine rings is 1. The Morgan fingerprint density at radius 2 is 2.43 bits per heavy atom. The molecule has 2 aromatic rings. The van der Waals surface area contributed by atoms with E-state index in [1.807, 2.05) is 12.1 Å². The van der Waals surface area contributed by atoms with Crippen molar-refractivity contribution >= 4 is 11.2 Å². The predicted octanol–water partition coefficient (Wildman–Crippen LogP) is 0.467. The van der Waals surface area contributed by atoms with Crippen molar-refractivity contribution in [2.75, 3.05) is 13.2 Å². The number of hydrogen-bond acceptors (Lipinski definition) is 4. The Labute approximate surface area is 80.8 Å². The first kappa shape index (κ1) is 9.11. The van der Waals surface area contributed by atoms with Gasteiger partial charge in [0.2, 0.25) is 0 Å². The lowest BCUT2D eigenvalue weighted by Gasteiger charge is -1.96. The summed E-state index contributed by atoms with van der Waals surface area (Å²) in [6.07, 6.45) is 1.70. The van der Waals surface area contributed by atoms with E-state index >= 15 is 0 Å². The summed E-state index contributed by atoms with van der Waals surface area (Å²) >= 11 is 0. The number of aliphatic hydroxyl groups is 1. The summed E-state index contributed by atoms with van der Waals surface area (Å²) in [4.78, 5) is 11.4. The molecule has 2 aromatic heterocycles. The predicted molar refractivity (Wildman–Crippen MR) is 50.6 cm³/mol. The third-order valence-electron chi connectivity index (χ3n) is 1.78. The van der Waals surface area contributed by atoms with Crippen molar-refractivity contribution in [3.8, 4) is 0 Å². The van der Waals surface area contributed by atoms with Gasteiger partial charge < -0.3 is 14.8 Å². The van der Waals surface area contributed by atoms with Crippen LogP contribution in [0, 0.1) is 0 Å². The first-order valence-electron chi connectivity index (χ1n) is 4.38. The van der Waals surface area contributed by atoms with E-state index in [0.29, 0.717) is 18.9 Å². The molecular formula is C9H11N3O2. The molecule has 0 aromatic carbocycles. The minimum atomic E-state index is 0.0263. The summed E-state index contributed by atoms with van der Waals surface area (Å²) in [7, 11) is 0. The van der Waals surface area contributed by atoms with Gasteiger partial charge in [0.25, 0.3) is 0 Å². The van der Waals surface area contributed by atoms with Crippen LogP contribution in [0.3, 0.4) is 0 Å². The fourth-order valence-corrected chi connectivity index (χ4v) is 1.20. The number of fused-ring (bicyclic) bond motifs is 1. The molecule has 0 saturated heterocycles. The van der Waals surface area contributed by atoms with Crippen LogP contribution in [0.4, 0.5) is 0 Å². The molecule has 0 aliphatic rings. The number of hydrogen-bond donors (Lipinski definition) is 2. The van der Waals surface area contributed by atoms with Crippen LogP contribution in [0.5, 0.6) is 0 Å². The van der Waals surface area contributed by atoms with E-state index < -0.39 is 0 Å². The number of aliphatic hydroxyl groups excluding tert-OH is 1. The minimum absolute atomic E-state index is 0.0263. The topological polar surface area (TPSA) is 71.0 Å². The number of imidazole rings is 1. The molecule has 5 heteroatoms. The highest BCUT2D eigenvalue weighted by atomic mass is 16.5. The zero-order valence-electron chi connectivity index (χ0n) is 7.60. The van der Waals surface area contributed by atoms with Gasteiger partial charge in [0.05, 0.1) is 18.7 Å². The molecule has 0 bridgehead atoms. The molecule has 2 heterocycles. The molecule has 0 aliphatic carbocycles. The summed E-state index contributed by atoms with van der Waals surface area (Å²) in [5.74, 6) is 0.729. The molecule has 2 rings (SSSR count). The molecule has 5 nitrogen and oxygen atoms in total. The molecule has 0 aliphatic heterocycles. The Bertz CT molecular complexity index is 380. The Morgan fingerprint density at radius 1 is 1.50 bits per heavy atom. The molecule has 0 radical (unpaired) electrons. The zero-order valence-corrected chi connectivity index (χ0v) is 7.60. The minimum Gasteiger partial charge on any atom is -0.394 e. The van der Waals surface area contributed by atoms with Crippen LogP contribution in [0.1, 0.15) is 5.82 Å². The largest absolute Gasteiger partial charge is 0.394 e. The van der Waals surface area contributed by atoms with Crippen molar-refractivity contribution in [2.24, 2.45) is 0 Å². The number of rotatable bonds is 4. The van der Waals surface area contributed by atoms with E-state index in [1.54, 1.807) is 6.20 Å². The third kappa shape index (κ3) is 1.89. The van der Waals surface area contributed by atoms with Crippen molar-refractivity contribution in [2.45, 2.75) is 6.61 Å². The number of aromatic amines is 1. The quantitative estimate of drug-likeness (QED) is 0.692. The van der Waals surface area contributed by atoms with Crippen molar-refractivity contribution in [1.29, 1.82) is 0 Å². The van der Waals surface area contributed by atoms with E-state index in [4.69, 9.17) is 9.84 Å². The lowest BCUT2D eigenvalue weighted by Crippen LogP contribution is -2.00. The van der Waals surface area contributed by atoms with Gasteiger partial charge in [0, 0.05) is 6.20 Å². The summed E-state index contributed by atoms with van der Waals surface area (Å²) < 4.78 is 5.13. The van der Waals surface area contributed by atoms with Gasteiger partial charge in [-0.15, -0.1) is 0 Å². The van der Waals surface area contributed by atoms with Gasteiger partial charge in [-0.3, -0.25) is 0 Å². The van der Waals surface area contributed by atoms with Crippen LogP contribution >= 0.6 is 0 Å². The highest BCUT2D eigenvalue weighted by molar-refractivity contribution is 5.69. The van der Waals surface area contributed by atoms with Crippen LogP contribution in [-0.2, 0) is 11.3 Å². The van der Waals surface area contributed by atoms with E-state index in [1.165, 1.54) is 0 Å². The van der Waals surface area contributed by atoms with Crippen LogP contribution in [0.25, 0.3) is 11.2 Å². The molecule has 0 amide bonds. The highest BCUT2D eigenvalue weighted by Gasteiger charge is 2.01. The van der Waals surface area contributed by atoms with Crippen molar-refractivity contribution in [3.63, 3.8) is 0 Å². The number of H-pyrrole nitrogens is 1. The van der Waals surface area contributed by atoms with Crippen LogP contribution in [0.15, 0.2) is 18.3 Å². The molecule has 14 heavy (non-hydrogen) atoms. The number of ether oxygens (including phenoxy) is 1. The first-order valence-corrected chi connectivity index (χ1v) is 4.38. The van der Waals surface area contributed by atoms with Crippen LogP contribution in [0.2, 0.25) is 0 Å². The monoisotopic (exact) mass is 193 g/mol. The van der Waals surface area contributed by atoms with Crippen molar-refractivity contribution in [1.82, 2.24) is 15.0 Å². The van der Waals surface area contributed by atoms with Gasteiger partial charge in [0.1, 0.15) is 12.4 Å². The zero-order chi connectivity index (χ0) is 9.80. The van der Waals surface area contributed by atoms with Crippen molar-refractivity contribution in [3.05, 3.63) is 24.2 Å². The average molecular weight is 193 g/mol. The molecule has 0 saturated carbocycles. The van der Waals surface area contributed by atoms with E-state index in [9.17, 15) is 0 Å². The summed E-state index contributed by atoms with van der Waals surface area (Å²) in [5.41, 5.74) is 1.59. The summed E-state index contributed by atoms with van der Waals surface area (Å²) in [6, 6.07) is 3.75. The second-order valence-corrected chi connectivity index (χ2v) is 2.83. The van der Waals surface area contributed by atoms with Gasteiger partial charge in [-0.05, 0) is 12.1 Å². The Morgan fingerprint density at radius 3 is 3.21 bits per heavy atom. The second kappa shape index (κ2) is 4.17. The maximum absolute atomic E-state index is 8.52. The van der Waals surface area contributed by atoms with Crippen LogP contribution in [-0.4, -0.2) is 33.3 Å². The molecule has 0 spiro atoms. The SMILES string of the molecule is OCCOCc1nc2ncccc2[nH]1. The molecule has 74 valence electrons. The maximum atomic E-state index is 8.52. The van der Waals surface area contributed by atoms with E-state index in [0.717, 1.165) is 11.3 Å². The number of nitrogens with one attached hydrogen (secondary N) is 1. The fraction of sp³-hybridized carbons (Fsp3) is 0.333. The Kier molecular flexibility index (Phi) is 2.71. The van der Waals surface area contributed by atoms with E-state index in [2.05, 4.69) is 15.0 Å². The van der Waals surface area contributed by atoms with Gasteiger partial charge in [-0.1, -0.05) is 0 Å². The fourth-order valence-electron chi connectivity index (χ4n) is 1.20. The molecule has 2 N–H and O–H groups in total. The van der Waals surface area contributed by atoms with Gasteiger partial charge >= 0.3 is 0 Å². The molecule has 0 fully saturated rings. The Balaban J connectivity index is 2.11. The van der Waals surface area contributed by atoms with E-state index in [-0.39, 0.29) is 6.61 Å². The van der Waals surface area contributed by atoms with Gasteiger partial charge in [-0.25, -0.2) is 9.97 Å². The Hall–Kier alpha value is -1.46. The van der Waals surface area contributed by atoms with Crippen molar-refractivity contribution < 1.29 is 9.84 Å². The third-order valence-corrected chi connectivity index (χ3v) is 1.78.